The molecule has 2 heterocycles. The van der Waals surface area contributed by atoms with Gasteiger partial charge in [0, 0.05) is 31.2 Å². The minimum atomic E-state index is -0.561. The summed E-state index contributed by atoms with van der Waals surface area (Å²) < 4.78 is 0. The van der Waals surface area contributed by atoms with Gasteiger partial charge in [-0.1, -0.05) is 0 Å². The van der Waals surface area contributed by atoms with Crippen LogP contribution in [0.3, 0.4) is 0 Å². The molecule has 0 aliphatic heterocycles. The summed E-state index contributed by atoms with van der Waals surface area (Å²) in [5.41, 5.74) is 8.16. The van der Waals surface area contributed by atoms with E-state index in [-0.39, 0.29) is 5.69 Å². The van der Waals surface area contributed by atoms with Crippen molar-refractivity contribution in [2.75, 3.05) is 0 Å². The summed E-state index contributed by atoms with van der Waals surface area (Å²) in [7, 11) is 0. The summed E-state index contributed by atoms with van der Waals surface area (Å²) in [6.45, 7) is 1.98. The van der Waals surface area contributed by atoms with Crippen LogP contribution in [0, 0.1) is 6.92 Å². The molecule has 17 heavy (non-hydrogen) atoms. The number of primary amides is 1. The van der Waals surface area contributed by atoms with Crippen LogP contribution < -0.4 is 5.73 Å². The molecule has 86 valence electrons. The minimum Gasteiger partial charge on any atom is -0.364 e. The summed E-state index contributed by atoms with van der Waals surface area (Å²) in [5.74, 6) is -0.561. The summed E-state index contributed by atoms with van der Waals surface area (Å²) >= 11 is 0. The Labute approximate surface area is 98.7 Å². The first-order valence-electron chi connectivity index (χ1n) is 5.17. The Kier molecular flexibility index (Phi) is 3.09. The Morgan fingerprint density at radius 3 is 2.76 bits per heavy atom. The van der Waals surface area contributed by atoms with E-state index in [4.69, 9.17) is 5.73 Å². The first-order valence-corrected chi connectivity index (χ1v) is 5.17. The van der Waals surface area contributed by atoms with Crippen molar-refractivity contribution >= 4 is 5.91 Å². The lowest BCUT2D eigenvalue weighted by molar-refractivity contribution is 0.0994. The van der Waals surface area contributed by atoms with Crippen molar-refractivity contribution in [1.82, 2.24) is 15.0 Å². The Hall–Kier alpha value is -2.30. The Morgan fingerprint density at radius 2 is 2.06 bits per heavy atom. The fraction of sp³-hybridized carbons (Fsp3) is 0.167. The molecule has 0 radical (unpaired) electrons. The first kappa shape index (κ1) is 11.2. The number of pyridine rings is 1. The Balaban J connectivity index is 2.37. The highest BCUT2D eigenvalue weighted by atomic mass is 16.1. The number of hydrogen-bond donors (Lipinski definition) is 1. The number of amides is 1. The number of hydrogen-bond acceptors (Lipinski definition) is 4. The lowest BCUT2D eigenvalue weighted by Crippen LogP contribution is -2.17. The molecule has 2 aromatic rings. The van der Waals surface area contributed by atoms with Crippen molar-refractivity contribution in [3.8, 4) is 0 Å². The van der Waals surface area contributed by atoms with Crippen LogP contribution in [0.25, 0.3) is 0 Å². The molecule has 0 aliphatic carbocycles. The van der Waals surface area contributed by atoms with E-state index in [0.717, 1.165) is 11.1 Å². The maximum absolute atomic E-state index is 11.2. The fourth-order valence-electron chi connectivity index (χ4n) is 1.56. The van der Waals surface area contributed by atoms with Crippen LogP contribution in [0.4, 0.5) is 0 Å². The predicted molar refractivity (Wildman–Crippen MR) is 62.3 cm³/mol. The number of aryl methyl sites for hydroxylation is 1. The van der Waals surface area contributed by atoms with E-state index in [2.05, 4.69) is 15.0 Å². The van der Waals surface area contributed by atoms with E-state index in [1.54, 1.807) is 18.6 Å². The zero-order valence-electron chi connectivity index (χ0n) is 9.42. The topological polar surface area (TPSA) is 81.8 Å². The van der Waals surface area contributed by atoms with Crippen molar-refractivity contribution in [1.29, 1.82) is 0 Å². The average Bonchev–Trinajstić information content (AvgIpc) is 2.32. The fourth-order valence-corrected chi connectivity index (χ4v) is 1.56. The molecule has 5 heteroatoms. The molecular formula is C12H12N4O. The largest absolute Gasteiger partial charge is 0.364 e. The molecule has 0 saturated heterocycles. The van der Waals surface area contributed by atoms with Gasteiger partial charge in [0.2, 0.25) is 0 Å². The standard InChI is InChI=1S/C12H12N4O/c1-8-2-3-14-7-9(8)6-10-11(12(13)17)16-5-4-15-10/h2-5,7H,6H2,1H3,(H2,13,17). The predicted octanol–water partition coefficient (Wildman–Crippen LogP) is 0.870. The summed E-state index contributed by atoms with van der Waals surface area (Å²) in [6, 6.07) is 1.91. The van der Waals surface area contributed by atoms with Crippen LogP contribution in [-0.4, -0.2) is 20.9 Å². The zero-order valence-corrected chi connectivity index (χ0v) is 9.42. The van der Waals surface area contributed by atoms with Gasteiger partial charge >= 0.3 is 0 Å². The molecule has 0 atom stereocenters. The van der Waals surface area contributed by atoms with E-state index in [0.29, 0.717) is 12.1 Å². The lowest BCUT2D eigenvalue weighted by atomic mass is 10.1. The molecule has 0 bridgehead atoms. The number of nitrogens with zero attached hydrogens (tertiary/aromatic N) is 3. The second-order valence-corrected chi connectivity index (χ2v) is 3.69. The maximum Gasteiger partial charge on any atom is 0.269 e. The normalized spacial score (nSPS) is 10.2. The van der Waals surface area contributed by atoms with Crippen LogP contribution in [0.15, 0.2) is 30.9 Å². The third-order valence-electron chi connectivity index (χ3n) is 2.51. The molecule has 1 amide bonds. The molecule has 5 nitrogen and oxygen atoms in total. The quantitative estimate of drug-likeness (QED) is 0.845. The molecule has 0 aromatic carbocycles. The van der Waals surface area contributed by atoms with E-state index in [1.165, 1.54) is 6.20 Å². The molecule has 0 unspecified atom stereocenters. The Morgan fingerprint density at radius 1 is 1.29 bits per heavy atom. The van der Waals surface area contributed by atoms with Crippen LogP contribution >= 0.6 is 0 Å². The minimum absolute atomic E-state index is 0.218. The smallest absolute Gasteiger partial charge is 0.269 e. The van der Waals surface area contributed by atoms with Gasteiger partial charge in [-0.3, -0.25) is 14.8 Å². The van der Waals surface area contributed by atoms with Gasteiger partial charge in [-0.25, -0.2) is 4.98 Å². The highest BCUT2D eigenvalue weighted by molar-refractivity contribution is 5.91. The van der Waals surface area contributed by atoms with E-state index in [9.17, 15) is 4.79 Å². The van der Waals surface area contributed by atoms with Crippen molar-refractivity contribution in [2.45, 2.75) is 13.3 Å². The molecule has 2 aromatic heterocycles. The van der Waals surface area contributed by atoms with Crippen molar-refractivity contribution < 1.29 is 4.79 Å². The molecule has 0 saturated carbocycles. The van der Waals surface area contributed by atoms with Crippen LogP contribution in [0.2, 0.25) is 0 Å². The molecule has 0 spiro atoms. The van der Waals surface area contributed by atoms with Gasteiger partial charge in [-0.05, 0) is 24.1 Å². The molecule has 2 rings (SSSR count). The monoisotopic (exact) mass is 228 g/mol. The Bertz CT molecular complexity index is 554. The third-order valence-corrected chi connectivity index (χ3v) is 2.51. The molecule has 2 N–H and O–H groups in total. The van der Waals surface area contributed by atoms with Gasteiger partial charge in [-0.15, -0.1) is 0 Å². The third kappa shape index (κ3) is 2.44. The molecular weight excluding hydrogens is 216 g/mol. The van der Waals surface area contributed by atoms with Crippen molar-refractivity contribution in [2.24, 2.45) is 5.73 Å². The first-order chi connectivity index (χ1) is 8.18. The van der Waals surface area contributed by atoms with Crippen molar-refractivity contribution in [3.05, 3.63) is 53.4 Å². The van der Waals surface area contributed by atoms with E-state index in [1.807, 2.05) is 13.0 Å². The van der Waals surface area contributed by atoms with Gasteiger partial charge in [0.15, 0.2) is 0 Å². The number of aromatic nitrogens is 3. The maximum atomic E-state index is 11.2. The number of rotatable bonds is 3. The van der Waals surface area contributed by atoms with Crippen LogP contribution in [0.5, 0.6) is 0 Å². The highest BCUT2D eigenvalue weighted by Gasteiger charge is 2.11. The van der Waals surface area contributed by atoms with Crippen molar-refractivity contribution in [3.63, 3.8) is 0 Å². The second kappa shape index (κ2) is 4.69. The highest BCUT2D eigenvalue weighted by Crippen LogP contribution is 2.12. The summed E-state index contributed by atoms with van der Waals surface area (Å²) in [6.07, 6.45) is 7.00. The second-order valence-electron chi connectivity index (χ2n) is 3.69. The zero-order chi connectivity index (χ0) is 12.3. The van der Waals surface area contributed by atoms with Gasteiger partial charge in [0.25, 0.3) is 5.91 Å². The molecule has 0 aliphatic rings. The van der Waals surface area contributed by atoms with Gasteiger partial charge < -0.3 is 5.73 Å². The SMILES string of the molecule is Cc1ccncc1Cc1nccnc1C(N)=O. The van der Waals surface area contributed by atoms with Crippen LogP contribution in [-0.2, 0) is 6.42 Å². The van der Waals surface area contributed by atoms with Gasteiger partial charge in [0.05, 0.1) is 5.69 Å². The lowest BCUT2D eigenvalue weighted by Gasteiger charge is -2.06. The van der Waals surface area contributed by atoms with E-state index >= 15 is 0 Å². The summed E-state index contributed by atoms with van der Waals surface area (Å²) in [5, 5.41) is 0. The molecule has 0 fully saturated rings. The number of carbonyl (C=O) groups excluding carboxylic acids is 1. The number of carbonyl (C=O) groups is 1. The average molecular weight is 228 g/mol. The summed E-state index contributed by atoms with van der Waals surface area (Å²) in [4.78, 5) is 23.3. The van der Waals surface area contributed by atoms with Crippen LogP contribution in [0.1, 0.15) is 27.3 Å². The van der Waals surface area contributed by atoms with E-state index < -0.39 is 5.91 Å². The van der Waals surface area contributed by atoms with Gasteiger partial charge in [-0.2, -0.15) is 0 Å². The van der Waals surface area contributed by atoms with Gasteiger partial charge in [0.1, 0.15) is 5.69 Å². The number of nitrogens with two attached hydrogens (primary N) is 1.